The summed E-state index contributed by atoms with van der Waals surface area (Å²) in [6.07, 6.45) is 25.1. The second-order valence-corrected chi connectivity index (χ2v) is 14.1. The van der Waals surface area contributed by atoms with Crippen molar-refractivity contribution in [2.24, 2.45) is 11.8 Å². The Hall–Kier alpha value is 0.460. The summed E-state index contributed by atoms with van der Waals surface area (Å²) in [7, 11) is 0. The predicted molar refractivity (Wildman–Crippen MR) is 182 cm³/mol. The summed E-state index contributed by atoms with van der Waals surface area (Å²) < 4.78 is 19.4. The van der Waals surface area contributed by atoms with Crippen LogP contribution in [0.1, 0.15) is 183 Å². The first-order valence-electron chi connectivity index (χ1n) is 18.0. The SMILES string of the molecule is CCCC(C)CCCC(OCCCCCC(Cl)CCC)OC(CCCC(C)CCC)OCCCCCC(Cl)CCC. The van der Waals surface area contributed by atoms with Gasteiger partial charge >= 0.3 is 0 Å². The van der Waals surface area contributed by atoms with Gasteiger partial charge in [0.2, 0.25) is 0 Å². The summed E-state index contributed by atoms with van der Waals surface area (Å²) in [5.41, 5.74) is 0. The van der Waals surface area contributed by atoms with Crippen molar-refractivity contribution in [3.05, 3.63) is 0 Å². The monoisotopic (exact) mass is 622 g/mol. The Morgan fingerprint density at radius 3 is 1.17 bits per heavy atom. The summed E-state index contributed by atoms with van der Waals surface area (Å²) in [5.74, 6) is 1.54. The largest absolute Gasteiger partial charge is 0.353 e. The van der Waals surface area contributed by atoms with Gasteiger partial charge in [-0.3, -0.25) is 0 Å². The molecular weight excluding hydrogens is 551 g/mol. The average Bonchev–Trinajstić information content (AvgIpc) is 2.92. The highest BCUT2D eigenvalue weighted by atomic mass is 35.5. The first-order valence-corrected chi connectivity index (χ1v) is 18.9. The van der Waals surface area contributed by atoms with Gasteiger partial charge in [0.25, 0.3) is 0 Å². The fraction of sp³-hybridized carbons (Fsp3) is 1.00. The maximum atomic E-state index is 6.60. The molecule has 0 saturated heterocycles. The standard InChI is InChI=1S/C36H72Cl2O3/c1-7-19-31(5)23-17-27-35(39-29-15-11-13-25-33(37)21-9-3)41-36(28-18-24-32(6)20-8-2)40-30-16-12-14-26-34(38)22-10-4/h31-36H,7-30H2,1-6H3. The van der Waals surface area contributed by atoms with Crippen LogP contribution < -0.4 is 0 Å². The van der Waals surface area contributed by atoms with Crippen LogP contribution in [0.25, 0.3) is 0 Å². The van der Waals surface area contributed by atoms with Crippen LogP contribution in [-0.4, -0.2) is 36.5 Å². The van der Waals surface area contributed by atoms with Gasteiger partial charge in [-0.05, 0) is 76.0 Å². The Kier molecular flexibility index (Phi) is 30.8. The van der Waals surface area contributed by atoms with E-state index < -0.39 is 0 Å². The van der Waals surface area contributed by atoms with Crippen LogP contribution in [0.2, 0.25) is 0 Å². The second kappa shape index (κ2) is 30.5. The van der Waals surface area contributed by atoms with E-state index >= 15 is 0 Å². The van der Waals surface area contributed by atoms with E-state index in [4.69, 9.17) is 37.4 Å². The van der Waals surface area contributed by atoms with Crippen molar-refractivity contribution in [1.82, 2.24) is 0 Å². The third kappa shape index (κ3) is 27.7. The van der Waals surface area contributed by atoms with E-state index in [1.165, 1.54) is 77.0 Å². The van der Waals surface area contributed by atoms with Crippen LogP contribution in [0.3, 0.4) is 0 Å². The zero-order valence-electron chi connectivity index (χ0n) is 28.4. The maximum absolute atomic E-state index is 6.60. The maximum Gasteiger partial charge on any atom is 0.160 e. The molecule has 0 aliphatic rings. The molecule has 0 aliphatic heterocycles. The molecule has 0 fully saturated rings. The Balaban J connectivity index is 4.85. The van der Waals surface area contributed by atoms with E-state index in [2.05, 4.69) is 41.5 Å². The molecule has 0 saturated carbocycles. The van der Waals surface area contributed by atoms with E-state index in [0.29, 0.717) is 10.8 Å². The van der Waals surface area contributed by atoms with Crippen LogP contribution in [0.5, 0.6) is 0 Å². The van der Waals surface area contributed by atoms with Gasteiger partial charge in [-0.15, -0.1) is 23.2 Å². The molecule has 5 heteroatoms. The zero-order valence-corrected chi connectivity index (χ0v) is 29.9. The van der Waals surface area contributed by atoms with E-state index in [0.717, 1.165) is 89.3 Å². The van der Waals surface area contributed by atoms with Crippen molar-refractivity contribution in [1.29, 1.82) is 0 Å². The van der Waals surface area contributed by atoms with Crippen molar-refractivity contribution < 1.29 is 14.2 Å². The van der Waals surface area contributed by atoms with Gasteiger partial charge in [-0.2, -0.15) is 0 Å². The van der Waals surface area contributed by atoms with Crippen molar-refractivity contribution in [3.8, 4) is 0 Å². The van der Waals surface area contributed by atoms with Crippen molar-refractivity contribution in [3.63, 3.8) is 0 Å². The smallest absolute Gasteiger partial charge is 0.160 e. The molecule has 0 aliphatic carbocycles. The van der Waals surface area contributed by atoms with Crippen LogP contribution in [-0.2, 0) is 14.2 Å². The molecule has 0 heterocycles. The number of unbranched alkanes of at least 4 members (excludes halogenated alkanes) is 4. The molecule has 3 nitrogen and oxygen atoms in total. The molecule has 0 N–H and O–H groups in total. The molecule has 0 amide bonds. The second-order valence-electron chi connectivity index (χ2n) is 12.9. The quantitative estimate of drug-likeness (QED) is 0.0424. The first kappa shape index (κ1) is 41.5. The number of ether oxygens (including phenoxy) is 3. The van der Waals surface area contributed by atoms with Gasteiger partial charge in [0, 0.05) is 24.0 Å². The molecule has 248 valence electrons. The molecular formula is C36H72Cl2O3. The summed E-state index contributed by atoms with van der Waals surface area (Å²) >= 11 is 12.8. The van der Waals surface area contributed by atoms with E-state index in [-0.39, 0.29) is 12.6 Å². The van der Waals surface area contributed by atoms with E-state index in [1.807, 2.05) is 0 Å². The third-order valence-corrected chi connectivity index (χ3v) is 9.15. The first-order chi connectivity index (χ1) is 19.9. The normalized spacial score (nSPS) is 16.4. The Bertz CT molecular complexity index is 477. The topological polar surface area (TPSA) is 27.7 Å². The molecule has 0 aromatic rings. The molecule has 0 bridgehead atoms. The van der Waals surface area contributed by atoms with E-state index in [9.17, 15) is 0 Å². The van der Waals surface area contributed by atoms with Crippen molar-refractivity contribution in [2.45, 2.75) is 206 Å². The molecule has 41 heavy (non-hydrogen) atoms. The zero-order chi connectivity index (χ0) is 30.6. The highest BCUT2D eigenvalue weighted by Crippen LogP contribution is 2.22. The number of alkyl halides is 2. The van der Waals surface area contributed by atoms with Crippen LogP contribution in [0.4, 0.5) is 0 Å². The van der Waals surface area contributed by atoms with Crippen LogP contribution in [0.15, 0.2) is 0 Å². The molecule has 0 aromatic carbocycles. The predicted octanol–water partition coefficient (Wildman–Crippen LogP) is 12.8. The number of halogens is 2. The molecule has 0 radical (unpaired) electrons. The summed E-state index contributed by atoms with van der Waals surface area (Å²) in [6.45, 7) is 15.2. The lowest BCUT2D eigenvalue weighted by Crippen LogP contribution is -2.28. The number of rotatable bonds is 32. The van der Waals surface area contributed by atoms with Gasteiger partial charge in [0.05, 0.1) is 0 Å². The molecule has 0 spiro atoms. The number of hydrogen-bond donors (Lipinski definition) is 0. The highest BCUT2D eigenvalue weighted by Gasteiger charge is 2.19. The lowest BCUT2D eigenvalue weighted by Gasteiger charge is -2.26. The summed E-state index contributed by atoms with van der Waals surface area (Å²) in [6, 6.07) is 0. The van der Waals surface area contributed by atoms with Gasteiger partial charge in [0.15, 0.2) is 12.6 Å². The highest BCUT2D eigenvalue weighted by molar-refractivity contribution is 6.20. The lowest BCUT2D eigenvalue weighted by atomic mass is 9.99. The van der Waals surface area contributed by atoms with Gasteiger partial charge in [-0.1, -0.05) is 119 Å². The summed E-state index contributed by atoms with van der Waals surface area (Å²) in [4.78, 5) is 0. The van der Waals surface area contributed by atoms with E-state index in [1.54, 1.807) is 0 Å². The fourth-order valence-corrected chi connectivity index (χ4v) is 6.47. The molecule has 0 aromatic heterocycles. The Labute approximate surface area is 267 Å². The minimum atomic E-state index is -0.172. The average molecular weight is 624 g/mol. The Morgan fingerprint density at radius 1 is 0.415 bits per heavy atom. The third-order valence-electron chi connectivity index (χ3n) is 8.27. The van der Waals surface area contributed by atoms with Gasteiger partial charge in [-0.25, -0.2) is 0 Å². The van der Waals surface area contributed by atoms with Gasteiger partial charge in [0.1, 0.15) is 0 Å². The minimum absolute atomic E-state index is 0.172. The van der Waals surface area contributed by atoms with Crippen molar-refractivity contribution >= 4 is 23.2 Å². The number of hydrogen-bond acceptors (Lipinski definition) is 3. The van der Waals surface area contributed by atoms with Crippen molar-refractivity contribution in [2.75, 3.05) is 13.2 Å². The molecule has 6 unspecified atom stereocenters. The van der Waals surface area contributed by atoms with Crippen LogP contribution in [0, 0.1) is 11.8 Å². The van der Waals surface area contributed by atoms with Crippen LogP contribution >= 0.6 is 23.2 Å². The Morgan fingerprint density at radius 2 is 0.805 bits per heavy atom. The fourth-order valence-electron chi connectivity index (χ4n) is 5.72. The lowest BCUT2D eigenvalue weighted by molar-refractivity contribution is -0.250. The van der Waals surface area contributed by atoms with Gasteiger partial charge < -0.3 is 14.2 Å². The summed E-state index contributed by atoms with van der Waals surface area (Å²) in [5, 5.41) is 0.653. The molecule has 0 rings (SSSR count). The minimum Gasteiger partial charge on any atom is -0.353 e. The molecule has 6 atom stereocenters.